The topological polar surface area (TPSA) is 102 Å². The lowest BCUT2D eigenvalue weighted by atomic mass is 10.1. The van der Waals surface area contributed by atoms with Crippen LogP contribution in [0.2, 0.25) is 169 Å². The molecule has 0 saturated carbocycles. The van der Waals surface area contributed by atoms with Crippen LogP contribution < -0.4 is 0 Å². The summed E-state index contributed by atoms with van der Waals surface area (Å²) in [6, 6.07) is 2.90. The first-order valence-electron chi connectivity index (χ1n) is 28.2. The minimum Gasteiger partial charge on any atom is -0.437 e. The fourth-order valence-corrected chi connectivity index (χ4v) is 72.1. The molecule has 70 heavy (non-hydrogen) atoms. The monoisotopic (exact) mass is 1200 g/mol. The van der Waals surface area contributed by atoms with Crippen molar-refractivity contribution in [2.45, 2.75) is 305 Å². The van der Waals surface area contributed by atoms with E-state index in [9.17, 15) is 0 Å². The summed E-state index contributed by atoms with van der Waals surface area (Å²) in [5.41, 5.74) is 0. The summed E-state index contributed by atoms with van der Waals surface area (Å²) in [4.78, 5) is 0. The molecule has 0 radical (unpaired) electrons. The Morgan fingerprint density at radius 2 is 0.371 bits per heavy atom. The quantitative estimate of drug-likeness (QED) is 0.0431. The second-order valence-corrected chi connectivity index (χ2v) is 71.4. The van der Waals surface area contributed by atoms with Crippen molar-refractivity contribution < 1.29 is 45.3 Å². The SMILES string of the molecule is CCCCCCCC[Si](C)(O[Si](C)(C)C)O[Si](C)(CCCCCCCC)O[Si](C)(CCCCCCCC)O[Si](C)(C)O[Si](C)(C)O[Si](C)(C)O[Si](C)(C)O[Si](C)(C)O[Si](C)(C)O[Si](C)(C)O[Si](C)(C)C. The largest absolute Gasteiger partial charge is 0.437 e. The maximum atomic E-state index is 7.79. The predicted molar refractivity (Wildman–Crippen MR) is 330 cm³/mol. The molecule has 0 aromatic carbocycles. The second-order valence-electron chi connectivity index (χ2n) is 26.1. The summed E-state index contributed by atoms with van der Waals surface area (Å²) in [7, 11) is -30.9. The van der Waals surface area contributed by atoms with E-state index in [0.717, 1.165) is 37.4 Å². The van der Waals surface area contributed by atoms with Crippen LogP contribution >= 0.6 is 0 Å². The maximum absolute atomic E-state index is 7.79. The van der Waals surface area contributed by atoms with E-state index in [1.807, 2.05) is 0 Å². The third-order valence-electron chi connectivity index (χ3n) is 11.3. The molecule has 0 aromatic rings. The Balaban J connectivity index is 6.67. The van der Waals surface area contributed by atoms with Gasteiger partial charge in [-0.2, -0.15) is 0 Å². The molecule has 0 rings (SSSR count). The van der Waals surface area contributed by atoms with Crippen molar-refractivity contribution in [1.29, 1.82) is 0 Å². The molecule has 3 atom stereocenters. The first kappa shape index (κ1) is 72.2. The Morgan fingerprint density at radius 1 is 0.186 bits per heavy atom. The van der Waals surface area contributed by atoms with Crippen LogP contribution in [0.25, 0.3) is 0 Å². The number of hydrogen-bond donors (Lipinski definition) is 0. The summed E-state index contributed by atoms with van der Waals surface area (Å²) in [6.45, 7) is 57.4. The second kappa shape index (κ2) is 31.1. The van der Waals surface area contributed by atoms with Gasteiger partial charge >= 0.3 is 85.6 Å². The van der Waals surface area contributed by atoms with Gasteiger partial charge in [-0.15, -0.1) is 0 Å². The predicted octanol–water partition coefficient (Wildman–Crippen LogP) is 18.0. The van der Waals surface area contributed by atoms with Crippen LogP contribution in [-0.4, -0.2) is 102 Å². The Labute approximate surface area is 449 Å². The van der Waals surface area contributed by atoms with Gasteiger partial charge in [0.1, 0.15) is 0 Å². The summed E-state index contributed by atoms with van der Waals surface area (Å²) >= 11 is 0. The van der Waals surface area contributed by atoms with Crippen molar-refractivity contribution in [2.24, 2.45) is 0 Å². The lowest BCUT2D eigenvalue weighted by molar-refractivity contribution is 0.248. The fourth-order valence-electron chi connectivity index (χ4n) is 10.6. The number of hydrogen-bond acceptors (Lipinski definition) is 11. The highest BCUT2D eigenvalue weighted by Crippen LogP contribution is 2.37. The lowest BCUT2D eigenvalue weighted by Crippen LogP contribution is -2.63. The van der Waals surface area contributed by atoms with Crippen LogP contribution in [0.5, 0.6) is 0 Å². The van der Waals surface area contributed by atoms with Crippen molar-refractivity contribution in [2.75, 3.05) is 0 Å². The number of rotatable bonds is 43. The van der Waals surface area contributed by atoms with Crippen LogP contribution in [0.3, 0.4) is 0 Å². The van der Waals surface area contributed by atoms with E-state index in [1.54, 1.807) is 0 Å². The van der Waals surface area contributed by atoms with E-state index in [1.165, 1.54) is 96.3 Å². The van der Waals surface area contributed by atoms with Crippen LogP contribution in [0.4, 0.5) is 0 Å². The van der Waals surface area contributed by atoms with Crippen LogP contribution in [0, 0.1) is 0 Å². The third kappa shape index (κ3) is 37.1. The molecule has 11 nitrogen and oxygen atoms in total. The maximum Gasteiger partial charge on any atom is 0.317 e. The molecular weight excluding hydrogens is 1080 g/mol. The van der Waals surface area contributed by atoms with Crippen LogP contribution in [0.15, 0.2) is 0 Å². The first-order chi connectivity index (χ1) is 31.5. The Morgan fingerprint density at radius 3 is 0.614 bits per heavy atom. The van der Waals surface area contributed by atoms with Crippen molar-refractivity contribution >= 4 is 102 Å². The zero-order valence-electron chi connectivity index (χ0n) is 51.3. The summed E-state index contributed by atoms with van der Waals surface area (Å²) in [5, 5.41) is 0. The minimum absolute atomic E-state index is 0.923. The highest BCUT2D eigenvalue weighted by atomic mass is 28.5. The normalized spacial score (nSPS) is 16.9. The van der Waals surface area contributed by atoms with Crippen molar-refractivity contribution in [3.8, 4) is 0 Å². The molecule has 3 unspecified atom stereocenters. The van der Waals surface area contributed by atoms with Crippen molar-refractivity contribution in [3.05, 3.63) is 0 Å². The molecule has 0 aromatic heterocycles. The molecule has 0 amide bonds. The minimum atomic E-state index is -2.89. The average Bonchev–Trinajstić information content (AvgIpc) is 3.07. The van der Waals surface area contributed by atoms with Crippen LogP contribution in [-0.2, 0) is 45.3 Å². The molecule has 0 aliphatic carbocycles. The van der Waals surface area contributed by atoms with E-state index in [2.05, 4.69) is 171 Å². The van der Waals surface area contributed by atoms with E-state index in [0.29, 0.717) is 0 Å². The highest BCUT2D eigenvalue weighted by Gasteiger charge is 2.53. The molecule has 0 aliphatic heterocycles. The summed E-state index contributed by atoms with van der Waals surface area (Å²) in [5.74, 6) is 0. The van der Waals surface area contributed by atoms with E-state index >= 15 is 0 Å². The highest BCUT2D eigenvalue weighted by molar-refractivity contribution is 6.94. The average molecular weight is 1200 g/mol. The first-order valence-corrected chi connectivity index (χ1v) is 62.3. The Kier molecular flexibility index (Phi) is 32.0. The molecule has 0 N–H and O–H groups in total. The van der Waals surface area contributed by atoms with Gasteiger partial charge in [-0.1, -0.05) is 136 Å². The Hall–Kier alpha value is 2.16. The van der Waals surface area contributed by atoms with Gasteiger partial charge in [0.05, 0.1) is 0 Å². The fraction of sp³-hybridized carbons (Fsp3) is 1.00. The van der Waals surface area contributed by atoms with Crippen LogP contribution in [0.1, 0.15) is 136 Å². The van der Waals surface area contributed by atoms with Gasteiger partial charge in [-0.3, -0.25) is 0 Å². The lowest BCUT2D eigenvalue weighted by Gasteiger charge is -2.46. The smallest absolute Gasteiger partial charge is 0.317 e. The van der Waals surface area contributed by atoms with Crippen molar-refractivity contribution in [3.63, 3.8) is 0 Å². The Bertz CT molecular complexity index is 1430. The van der Waals surface area contributed by atoms with Gasteiger partial charge in [0, 0.05) is 0 Å². The van der Waals surface area contributed by atoms with Gasteiger partial charge in [0.15, 0.2) is 16.6 Å². The van der Waals surface area contributed by atoms with Crippen molar-refractivity contribution in [1.82, 2.24) is 0 Å². The van der Waals surface area contributed by atoms with E-state index in [-0.39, 0.29) is 0 Å². The molecule has 0 heterocycles. The molecule has 0 bridgehead atoms. The summed E-state index contributed by atoms with van der Waals surface area (Å²) < 4.78 is 78.6. The summed E-state index contributed by atoms with van der Waals surface area (Å²) in [6.07, 6.45) is 22.3. The number of unbranched alkanes of at least 4 members (excludes halogenated alkanes) is 15. The van der Waals surface area contributed by atoms with Gasteiger partial charge in [-0.05, 0) is 169 Å². The van der Waals surface area contributed by atoms with E-state index < -0.39 is 102 Å². The molecule has 422 valence electrons. The van der Waals surface area contributed by atoms with Gasteiger partial charge < -0.3 is 45.3 Å². The molecule has 23 heteroatoms. The molecule has 0 aliphatic rings. The zero-order chi connectivity index (χ0) is 54.6. The van der Waals surface area contributed by atoms with Gasteiger partial charge in [0.2, 0.25) is 0 Å². The molecular formula is C47H120O11Si12. The van der Waals surface area contributed by atoms with Gasteiger partial charge in [0.25, 0.3) is 0 Å². The molecule has 0 spiro atoms. The standard InChI is InChI=1S/C47H120O11Si12/c1-27-30-33-36-39-42-45-68(24,49-60(7,8)9)57-70(26,47-44-41-38-35-32-29-3)58-69(25,46-43-40-37-34-31-28-2)56-67(22,23)55-66(20,21)54-65(18,19)53-64(16,17)52-63(14,15)51-62(12,13)50-61(10,11)48-59(4,5)6/h27-47H2,1-26H3. The molecule has 0 fully saturated rings. The third-order valence-corrected chi connectivity index (χ3v) is 57.9. The van der Waals surface area contributed by atoms with E-state index in [4.69, 9.17) is 45.3 Å². The zero-order valence-corrected chi connectivity index (χ0v) is 63.3. The van der Waals surface area contributed by atoms with Gasteiger partial charge in [-0.25, -0.2) is 0 Å². The molecule has 0 saturated heterocycles.